The molecule has 0 N–H and O–H groups in total. The standard InChI is InChI=1S/C18H22ClN5S/c1-22(14-15-5-3-2-4-6-15)7-8-23-9-11-24(12-10-23)18-16(13-20)17(19)21-25-18/h2-6H,7-12,14H2,1H3. The number of rotatable bonds is 6. The van der Waals surface area contributed by atoms with Crippen molar-refractivity contribution in [3.63, 3.8) is 0 Å². The zero-order chi connectivity index (χ0) is 17.6. The van der Waals surface area contributed by atoms with Crippen LogP contribution in [0.4, 0.5) is 5.00 Å². The molecule has 0 atom stereocenters. The summed E-state index contributed by atoms with van der Waals surface area (Å²) in [7, 11) is 2.17. The minimum absolute atomic E-state index is 0.326. The zero-order valence-corrected chi connectivity index (χ0v) is 15.9. The van der Waals surface area contributed by atoms with Crippen LogP contribution in [0.5, 0.6) is 0 Å². The lowest BCUT2D eigenvalue weighted by Gasteiger charge is -2.35. The highest BCUT2D eigenvalue weighted by atomic mass is 35.5. The third-order valence-corrected chi connectivity index (χ3v) is 5.78. The van der Waals surface area contributed by atoms with E-state index < -0.39 is 0 Å². The van der Waals surface area contributed by atoms with Gasteiger partial charge in [-0.1, -0.05) is 41.9 Å². The zero-order valence-electron chi connectivity index (χ0n) is 14.4. The van der Waals surface area contributed by atoms with Crippen molar-refractivity contribution in [1.29, 1.82) is 5.26 Å². The summed E-state index contributed by atoms with van der Waals surface area (Å²) in [5.41, 5.74) is 1.86. The van der Waals surface area contributed by atoms with Crippen LogP contribution in [-0.4, -0.2) is 60.5 Å². The molecule has 1 saturated heterocycles. The van der Waals surface area contributed by atoms with Gasteiger partial charge < -0.3 is 9.80 Å². The molecule has 0 spiro atoms. The van der Waals surface area contributed by atoms with Crippen LogP contribution >= 0.6 is 23.1 Å². The lowest BCUT2D eigenvalue weighted by molar-refractivity contribution is 0.212. The molecule has 5 nitrogen and oxygen atoms in total. The summed E-state index contributed by atoms with van der Waals surface area (Å²) in [6.45, 7) is 6.91. The molecule has 1 aromatic carbocycles. The number of aromatic nitrogens is 1. The van der Waals surface area contributed by atoms with E-state index in [2.05, 4.69) is 62.5 Å². The molecule has 0 unspecified atom stereocenters. The Morgan fingerprint density at radius 1 is 1.24 bits per heavy atom. The van der Waals surface area contributed by atoms with Crippen molar-refractivity contribution in [2.24, 2.45) is 0 Å². The summed E-state index contributed by atoms with van der Waals surface area (Å²) >= 11 is 7.30. The molecule has 2 heterocycles. The predicted octanol–water partition coefficient (Wildman–Crippen LogP) is 2.92. The minimum atomic E-state index is 0.326. The van der Waals surface area contributed by atoms with Crippen LogP contribution in [-0.2, 0) is 6.54 Å². The van der Waals surface area contributed by atoms with Crippen molar-refractivity contribution in [3.8, 4) is 6.07 Å². The van der Waals surface area contributed by atoms with Crippen molar-refractivity contribution in [1.82, 2.24) is 14.2 Å². The maximum absolute atomic E-state index is 9.23. The SMILES string of the molecule is CN(CCN1CCN(c2snc(Cl)c2C#N)CC1)Cc1ccccc1. The van der Waals surface area contributed by atoms with Gasteiger partial charge in [-0.05, 0) is 24.1 Å². The second kappa shape index (κ2) is 8.63. The summed E-state index contributed by atoms with van der Waals surface area (Å²) < 4.78 is 4.10. The first kappa shape index (κ1) is 18.2. The van der Waals surface area contributed by atoms with E-state index in [-0.39, 0.29) is 0 Å². The molecule has 25 heavy (non-hydrogen) atoms. The van der Waals surface area contributed by atoms with Crippen LogP contribution in [0.3, 0.4) is 0 Å². The molecule has 2 aromatic rings. The fourth-order valence-electron chi connectivity index (χ4n) is 3.03. The van der Waals surface area contributed by atoms with E-state index in [9.17, 15) is 5.26 Å². The quantitative estimate of drug-likeness (QED) is 0.776. The van der Waals surface area contributed by atoms with Gasteiger partial charge in [-0.2, -0.15) is 9.64 Å². The van der Waals surface area contributed by atoms with E-state index in [1.54, 1.807) is 0 Å². The Morgan fingerprint density at radius 2 is 1.96 bits per heavy atom. The number of nitrogens with zero attached hydrogens (tertiary/aromatic N) is 5. The van der Waals surface area contributed by atoms with E-state index in [0.29, 0.717) is 10.7 Å². The maximum Gasteiger partial charge on any atom is 0.162 e. The van der Waals surface area contributed by atoms with Crippen molar-refractivity contribution < 1.29 is 0 Å². The highest BCUT2D eigenvalue weighted by molar-refractivity contribution is 7.10. The Hall–Kier alpha value is -1.65. The lowest BCUT2D eigenvalue weighted by atomic mass is 10.2. The van der Waals surface area contributed by atoms with Crippen LogP contribution in [0.15, 0.2) is 30.3 Å². The van der Waals surface area contributed by atoms with E-state index in [4.69, 9.17) is 11.6 Å². The van der Waals surface area contributed by atoms with Gasteiger partial charge in [0.2, 0.25) is 0 Å². The molecule has 1 fully saturated rings. The van der Waals surface area contributed by atoms with E-state index in [1.807, 2.05) is 0 Å². The molecule has 3 rings (SSSR count). The van der Waals surface area contributed by atoms with E-state index >= 15 is 0 Å². The Morgan fingerprint density at radius 3 is 2.64 bits per heavy atom. The number of piperazine rings is 1. The third kappa shape index (κ3) is 4.71. The summed E-state index contributed by atoms with van der Waals surface area (Å²) in [6.07, 6.45) is 0. The van der Waals surface area contributed by atoms with Gasteiger partial charge in [0.05, 0.1) is 0 Å². The molecule has 7 heteroatoms. The van der Waals surface area contributed by atoms with Crippen molar-refractivity contribution in [2.45, 2.75) is 6.54 Å². The van der Waals surface area contributed by atoms with Gasteiger partial charge in [-0.3, -0.25) is 4.90 Å². The van der Waals surface area contributed by atoms with Crippen LogP contribution in [0.2, 0.25) is 5.15 Å². The number of nitriles is 1. The van der Waals surface area contributed by atoms with Crippen LogP contribution in [0.1, 0.15) is 11.1 Å². The van der Waals surface area contributed by atoms with Crippen molar-refractivity contribution >= 4 is 28.1 Å². The Labute approximate surface area is 158 Å². The molecule has 1 aliphatic rings. The molecule has 0 radical (unpaired) electrons. The van der Waals surface area contributed by atoms with Gasteiger partial charge in [0.15, 0.2) is 5.15 Å². The fourth-order valence-corrected chi connectivity index (χ4v) is 4.11. The molecular weight excluding hydrogens is 354 g/mol. The number of hydrogen-bond acceptors (Lipinski definition) is 6. The second-order valence-electron chi connectivity index (χ2n) is 6.32. The number of likely N-dealkylation sites (N-methyl/N-ethyl adjacent to an activating group) is 1. The fraction of sp³-hybridized carbons (Fsp3) is 0.444. The third-order valence-electron chi connectivity index (χ3n) is 4.50. The largest absolute Gasteiger partial charge is 0.358 e. The van der Waals surface area contributed by atoms with Gasteiger partial charge in [-0.25, -0.2) is 0 Å². The van der Waals surface area contributed by atoms with E-state index in [1.165, 1.54) is 17.1 Å². The molecule has 132 valence electrons. The van der Waals surface area contributed by atoms with E-state index in [0.717, 1.165) is 50.8 Å². The number of halogens is 1. The highest BCUT2D eigenvalue weighted by Gasteiger charge is 2.22. The molecule has 0 bridgehead atoms. The Balaban J connectivity index is 1.44. The summed E-state index contributed by atoms with van der Waals surface area (Å²) in [5, 5.41) is 10.5. The summed E-state index contributed by atoms with van der Waals surface area (Å²) in [5.74, 6) is 0. The van der Waals surface area contributed by atoms with Crippen LogP contribution in [0, 0.1) is 11.3 Å². The van der Waals surface area contributed by atoms with Gasteiger partial charge >= 0.3 is 0 Å². The molecular formula is C18H22ClN5S. The second-order valence-corrected chi connectivity index (χ2v) is 7.43. The Bertz CT molecular complexity index is 719. The van der Waals surface area contributed by atoms with Crippen molar-refractivity contribution in [2.75, 3.05) is 51.2 Å². The van der Waals surface area contributed by atoms with Crippen LogP contribution < -0.4 is 4.90 Å². The first-order chi connectivity index (χ1) is 12.2. The minimum Gasteiger partial charge on any atom is -0.358 e. The van der Waals surface area contributed by atoms with Gasteiger partial charge in [0.25, 0.3) is 0 Å². The highest BCUT2D eigenvalue weighted by Crippen LogP contribution is 2.31. The Kier molecular flexibility index (Phi) is 6.27. The predicted molar refractivity (Wildman–Crippen MR) is 103 cm³/mol. The topological polar surface area (TPSA) is 46.4 Å². The van der Waals surface area contributed by atoms with Gasteiger partial charge in [0, 0.05) is 45.8 Å². The monoisotopic (exact) mass is 375 g/mol. The molecule has 0 amide bonds. The number of benzene rings is 1. The normalized spacial score (nSPS) is 15.5. The van der Waals surface area contributed by atoms with Crippen LogP contribution in [0.25, 0.3) is 0 Å². The lowest BCUT2D eigenvalue weighted by Crippen LogP contribution is -2.48. The van der Waals surface area contributed by atoms with Gasteiger partial charge in [0.1, 0.15) is 16.6 Å². The van der Waals surface area contributed by atoms with Gasteiger partial charge in [-0.15, -0.1) is 0 Å². The summed E-state index contributed by atoms with van der Waals surface area (Å²) in [4.78, 5) is 7.07. The smallest absolute Gasteiger partial charge is 0.162 e. The van der Waals surface area contributed by atoms with Crippen molar-refractivity contribution in [3.05, 3.63) is 46.6 Å². The number of hydrogen-bond donors (Lipinski definition) is 0. The average molecular weight is 376 g/mol. The number of anilines is 1. The average Bonchev–Trinajstić information content (AvgIpc) is 3.02. The molecule has 1 aliphatic heterocycles. The first-order valence-electron chi connectivity index (χ1n) is 8.42. The maximum atomic E-state index is 9.23. The molecule has 0 aliphatic carbocycles. The molecule has 0 saturated carbocycles. The first-order valence-corrected chi connectivity index (χ1v) is 9.57. The summed E-state index contributed by atoms with van der Waals surface area (Å²) in [6, 6.07) is 12.7. The molecule has 1 aromatic heterocycles.